The molecular weight excluding hydrogens is 345 g/mol. The number of benzene rings is 1. The van der Waals surface area contributed by atoms with Crippen LogP contribution in [-0.4, -0.2) is 47.4 Å². The molecule has 26 heavy (non-hydrogen) atoms. The Kier molecular flexibility index (Phi) is 7.41. The molecule has 142 valence electrons. The van der Waals surface area contributed by atoms with Crippen molar-refractivity contribution < 1.29 is 28.4 Å². The summed E-state index contributed by atoms with van der Waals surface area (Å²) in [6, 6.07) is 4.63. The van der Waals surface area contributed by atoms with Gasteiger partial charge in [-0.3, -0.25) is 0 Å². The van der Waals surface area contributed by atoms with E-state index in [9.17, 15) is 23.6 Å². The maximum atomic E-state index is 13.1. The van der Waals surface area contributed by atoms with Gasteiger partial charge in [-0.1, -0.05) is 12.1 Å². The van der Waals surface area contributed by atoms with Gasteiger partial charge in [0.15, 0.2) is 0 Å². The SMILES string of the molecule is CC(F)=CN1CCC[C@H](OC(=O)N[C@H](CB(O)O)c2ccc(F)cc2)C1. The molecule has 1 amide bonds. The number of halogens is 2. The highest BCUT2D eigenvalue weighted by Gasteiger charge is 2.25. The van der Waals surface area contributed by atoms with E-state index in [1.165, 1.54) is 37.4 Å². The number of nitrogens with one attached hydrogen (secondary N) is 1. The summed E-state index contributed by atoms with van der Waals surface area (Å²) in [4.78, 5) is 13.9. The lowest BCUT2D eigenvalue weighted by Crippen LogP contribution is -2.41. The summed E-state index contributed by atoms with van der Waals surface area (Å²) in [7, 11) is -1.65. The third kappa shape index (κ3) is 6.64. The van der Waals surface area contributed by atoms with Crippen LogP contribution in [0.4, 0.5) is 13.6 Å². The van der Waals surface area contributed by atoms with Crippen LogP contribution >= 0.6 is 0 Å². The molecular formula is C17H23BF2N2O4. The summed E-state index contributed by atoms with van der Waals surface area (Å²) in [5, 5.41) is 21.0. The van der Waals surface area contributed by atoms with Crippen LogP contribution in [0, 0.1) is 5.82 Å². The van der Waals surface area contributed by atoms with Gasteiger partial charge in [0, 0.05) is 19.1 Å². The topological polar surface area (TPSA) is 82.0 Å². The van der Waals surface area contributed by atoms with Gasteiger partial charge in [-0.25, -0.2) is 13.6 Å². The Bertz CT molecular complexity index is 624. The Morgan fingerprint density at radius 2 is 2.15 bits per heavy atom. The van der Waals surface area contributed by atoms with Crippen molar-refractivity contribution in [2.45, 2.75) is 38.2 Å². The lowest BCUT2D eigenvalue weighted by molar-refractivity contribution is 0.0543. The van der Waals surface area contributed by atoms with Gasteiger partial charge in [0.05, 0.1) is 12.6 Å². The predicted octanol–water partition coefficient (Wildman–Crippen LogP) is 2.36. The van der Waals surface area contributed by atoms with Crippen LogP contribution in [0.1, 0.15) is 31.4 Å². The van der Waals surface area contributed by atoms with Crippen molar-refractivity contribution in [2.75, 3.05) is 13.1 Å². The molecule has 3 N–H and O–H groups in total. The van der Waals surface area contributed by atoms with E-state index in [2.05, 4.69) is 5.32 Å². The number of piperidine rings is 1. The number of hydrogen-bond donors (Lipinski definition) is 3. The Morgan fingerprint density at radius 1 is 1.46 bits per heavy atom. The maximum absolute atomic E-state index is 13.1. The summed E-state index contributed by atoms with van der Waals surface area (Å²) in [5.41, 5.74) is 0.526. The Balaban J connectivity index is 1.96. The third-order valence-electron chi connectivity index (χ3n) is 4.05. The molecule has 9 heteroatoms. The fraction of sp³-hybridized carbons (Fsp3) is 0.471. The van der Waals surface area contributed by atoms with E-state index in [0.29, 0.717) is 25.1 Å². The van der Waals surface area contributed by atoms with Crippen LogP contribution in [0.5, 0.6) is 0 Å². The van der Waals surface area contributed by atoms with E-state index in [0.717, 1.165) is 6.42 Å². The van der Waals surface area contributed by atoms with Gasteiger partial charge < -0.3 is 25.0 Å². The quantitative estimate of drug-likeness (QED) is 0.672. The number of carbonyl (C=O) groups is 1. The van der Waals surface area contributed by atoms with Crippen molar-refractivity contribution in [2.24, 2.45) is 0 Å². The normalized spacial score (nSPS) is 19.0. The first-order valence-corrected chi connectivity index (χ1v) is 8.50. The Labute approximate surface area is 151 Å². The van der Waals surface area contributed by atoms with Crippen LogP contribution in [-0.2, 0) is 4.74 Å². The minimum Gasteiger partial charge on any atom is -0.444 e. The molecule has 0 saturated carbocycles. The van der Waals surface area contributed by atoms with E-state index in [-0.39, 0.29) is 12.1 Å². The molecule has 1 aromatic rings. The summed E-state index contributed by atoms with van der Waals surface area (Å²) in [5.74, 6) is -0.749. The number of nitrogens with zero attached hydrogens (tertiary/aromatic N) is 1. The molecule has 2 rings (SSSR count). The second-order valence-electron chi connectivity index (χ2n) is 6.35. The lowest BCUT2D eigenvalue weighted by Gasteiger charge is -2.32. The molecule has 0 radical (unpaired) electrons. The van der Waals surface area contributed by atoms with Gasteiger partial charge in [-0.05, 0) is 37.5 Å². The van der Waals surface area contributed by atoms with Crippen molar-refractivity contribution in [1.29, 1.82) is 0 Å². The summed E-state index contributed by atoms with van der Waals surface area (Å²) in [6.45, 7) is 2.43. The van der Waals surface area contributed by atoms with Crippen molar-refractivity contribution in [3.8, 4) is 0 Å². The minimum atomic E-state index is -1.65. The molecule has 6 nitrogen and oxygen atoms in total. The highest BCUT2D eigenvalue weighted by atomic mass is 19.1. The molecule has 1 saturated heterocycles. The molecule has 1 heterocycles. The van der Waals surface area contributed by atoms with Crippen LogP contribution in [0.3, 0.4) is 0 Å². The lowest BCUT2D eigenvalue weighted by atomic mass is 9.79. The molecule has 1 aliphatic heterocycles. The number of alkyl carbamates (subject to hydrolysis) is 1. The first-order valence-electron chi connectivity index (χ1n) is 8.50. The molecule has 0 aromatic heterocycles. The number of rotatable bonds is 6. The van der Waals surface area contributed by atoms with Crippen LogP contribution in [0.15, 0.2) is 36.3 Å². The monoisotopic (exact) mass is 368 g/mol. The van der Waals surface area contributed by atoms with E-state index in [4.69, 9.17) is 4.74 Å². The maximum Gasteiger partial charge on any atom is 0.453 e. The molecule has 0 bridgehead atoms. The van der Waals surface area contributed by atoms with Gasteiger partial charge in [0.25, 0.3) is 0 Å². The molecule has 0 spiro atoms. The first kappa shape index (κ1) is 20.2. The zero-order chi connectivity index (χ0) is 19.1. The highest BCUT2D eigenvalue weighted by Crippen LogP contribution is 2.20. The van der Waals surface area contributed by atoms with Crippen molar-refractivity contribution >= 4 is 13.2 Å². The Hall–Kier alpha value is -2.13. The van der Waals surface area contributed by atoms with Crippen molar-refractivity contribution in [3.05, 3.63) is 47.7 Å². The fourth-order valence-electron chi connectivity index (χ4n) is 2.94. The van der Waals surface area contributed by atoms with E-state index < -0.39 is 31.2 Å². The highest BCUT2D eigenvalue weighted by molar-refractivity contribution is 6.41. The van der Waals surface area contributed by atoms with Crippen LogP contribution in [0.2, 0.25) is 6.32 Å². The fourth-order valence-corrected chi connectivity index (χ4v) is 2.94. The minimum absolute atomic E-state index is 0.165. The largest absolute Gasteiger partial charge is 0.453 e. The van der Waals surface area contributed by atoms with E-state index in [1.54, 1.807) is 4.90 Å². The van der Waals surface area contributed by atoms with Gasteiger partial charge in [-0.15, -0.1) is 0 Å². The second-order valence-corrected chi connectivity index (χ2v) is 6.35. The summed E-state index contributed by atoms with van der Waals surface area (Å²) < 4.78 is 31.5. The molecule has 1 aromatic carbocycles. The smallest absolute Gasteiger partial charge is 0.444 e. The first-order chi connectivity index (χ1) is 12.3. The average molecular weight is 368 g/mol. The van der Waals surface area contributed by atoms with Crippen molar-refractivity contribution in [3.63, 3.8) is 0 Å². The second kappa shape index (κ2) is 9.54. The summed E-state index contributed by atoms with van der Waals surface area (Å²) in [6.07, 6.45) is 1.53. The molecule has 0 unspecified atom stereocenters. The molecule has 1 fully saturated rings. The zero-order valence-corrected chi connectivity index (χ0v) is 14.6. The van der Waals surface area contributed by atoms with Crippen LogP contribution in [0.25, 0.3) is 0 Å². The number of ether oxygens (including phenoxy) is 1. The molecule has 2 atom stereocenters. The average Bonchev–Trinajstić information content (AvgIpc) is 2.54. The number of likely N-dealkylation sites (tertiary alicyclic amines) is 1. The van der Waals surface area contributed by atoms with E-state index in [1.807, 2.05) is 0 Å². The van der Waals surface area contributed by atoms with Gasteiger partial charge in [0.2, 0.25) is 0 Å². The summed E-state index contributed by atoms with van der Waals surface area (Å²) >= 11 is 0. The van der Waals surface area contributed by atoms with Crippen LogP contribution < -0.4 is 5.32 Å². The number of allylic oxidation sites excluding steroid dienone is 1. The third-order valence-corrected chi connectivity index (χ3v) is 4.05. The Morgan fingerprint density at radius 3 is 2.77 bits per heavy atom. The molecule has 1 aliphatic rings. The van der Waals surface area contributed by atoms with Gasteiger partial charge in [-0.2, -0.15) is 0 Å². The predicted molar refractivity (Wildman–Crippen MR) is 93.2 cm³/mol. The van der Waals surface area contributed by atoms with Gasteiger partial charge >= 0.3 is 13.2 Å². The molecule has 0 aliphatic carbocycles. The standard InChI is InChI=1S/C17H23BF2N2O4/c1-12(19)10-22-8-2-3-15(11-22)26-17(23)21-16(9-18(24)25)13-4-6-14(20)7-5-13/h4-7,10,15-16,24-25H,2-3,8-9,11H2,1H3,(H,21,23)/t15-,16+/m0/s1. The van der Waals surface area contributed by atoms with Crippen molar-refractivity contribution in [1.82, 2.24) is 10.2 Å². The number of hydrogen-bond acceptors (Lipinski definition) is 5. The van der Waals surface area contributed by atoms with E-state index >= 15 is 0 Å². The number of amides is 1. The van der Waals surface area contributed by atoms with Gasteiger partial charge in [0.1, 0.15) is 17.7 Å². The number of carbonyl (C=O) groups excluding carboxylic acids is 1. The zero-order valence-electron chi connectivity index (χ0n) is 14.6.